The molecule has 0 unspecified atom stereocenters. The number of hydrogen-bond donors (Lipinski definition) is 1. The first-order valence-electron chi connectivity index (χ1n) is 13.9. The van der Waals surface area contributed by atoms with Crippen LogP contribution in [0.1, 0.15) is 81.8 Å². The second-order valence-corrected chi connectivity index (χ2v) is 12.0. The van der Waals surface area contributed by atoms with E-state index >= 15 is 0 Å². The molecule has 1 saturated carbocycles. The van der Waals surface area contributed by atoms with Crippen molar-refractivity contribution in [2.45, 2.75) is 78.4 Å². The van der Waals surface area contributed by atoms with Gasteiger partial charge in [0.1, 0.15) is 12.4 Å². The van der Waals surface area contributed by atoms with E-state index in [1.54, 1.807) is 31.4 Å². The van der Waals surface area contributed by atoms with E-state index in [0.717, 1.165) is 36.3 Å². The number of Topliss-reactive ketones (excluding diaryl/α,β-unsaturated/α-hetero) is 1. The monoisotopic (exact) mass is 518 g/mol. The summed E-state index contributed by atoms with van der Waals surface area (Å²) in [5.41, 5.74) is 3.92. The van der Waals surface area contributed by atoms with E-state index in [-0.39, 0.29) is 36.4 Å². The third-order valence-corrected chi connectivity index (χ3v) is 7.90. The zero-order valence-electron chi connectivity index (χ0n) is 23.7. The first kappa shape index (κ1) is 28.0. The van der Waals surface area contributed by atoms with Gasteiger partial charge < -0.3 is 14.8 Å². The predicted octanol–water partition coefficient (Wildman–Crippen LogP) is 6.51. The Balaban J connectivity index is 1.36. The number of aliphatic imine (C=N–C) groups is 1. The van der Waals surface area contributed by atoms with Crippen LogP contribution in [0, 0.1) is 17.8 Å². The fourth-order valence-corrected chi connectivity index (χ4v) is 5.85. The van der Waals surface area contributed by atoms with Gasteiger partial charge in [-0.1, -0.05) is 33.3 Å². The molecule has 3 atom stereocenters. The molecule has 2 aromatic carbocycles. The number of hydrogen-bond acceptors (Lipinski definition) is 5. The van der Waals surface area contributed by atoms with Crippen LogP contribution in [0.2, 0.25) is 0 Å². The highest BCUT2D eigenvalue weighted by Gasteiger charge is 2.32. The molecular weight excluding hydrogens is 476 g/mol. The Kier molecular flexibility index (Phi) is 8.71. The number of amides is 1. The number of carbonyl (C=O) groups excluding carboxylic acids is 2. The van der Waals surface area contributed by atoms with Crippen molar-refractivity contribution < 1.29 is 19.1 Å². The molecule has 6 heteroatoms. The Morgan fingerprint density at radius 3 is 2.53 bits per heavy atom. The molecule has 38 heavy (non-hydrogen) atoms. The molecule has 0 bridgehead atoms. The average molecular weight is 519 g/mol. The highest BCUT2D eigenvalue weighted by molar-refractivity contribution is 6.17. The number of rotatable bonds is 9. The third-order valence-electron chi connectivity index (χ3n) is 7.90. The van der Waals surface area contributed by atoms with Gasteiger partial charge in [0, 0.05) is 16.8 Å². The van der Waals surface area contributed by atoms with Gasteiger partial charge >= 0.3 is 0 Å². The summed E-state index contributed by atoms with van der Waals surface area (Å²) >= 11 is 0. The van der Waals surface area contributed by atoms with Gasteiger partial charge in [-0.2, -0.15) is 0 Å². The van der Waals surface area contributed by atoms with Gasteiger partial charge in [-0.25, -0.2) is 0 Å². The summed E-state index contributed by atoms with van der Waals surface area (Å²) in [5, 5.41) is 2.91. The number of methoxy groups -OCH3 is 1. The minimum absolute atomic E-state index is 0.0115. The van der Waals surface area contributed by atoms with Crippen LogP contribution < -0.4 is 10.1 Å². The Bertz CT molecular complexity index is 1180. The van der Waals surface area contributed by atoms with E-state index in [1.807, 2.05) is 12.1 Å². The standard InChI is InChI=1S/C32H42N2O4/c1-20(2)26-14-7-21(3)15-30(26)38-19-31(36)33-24-11-8-22(9-12-24)29(35)17-28-27-16-25(37-6)13-10-23(27)18-32(4,5)34-28/h8-13,16,20-21,26,30H,7,14-15,17-19H2,1-6H3,(H,33,36)/t21-,26+,30-/m1/s1. The summed E-state index contributed by atoms with van der Waals surface area (Å²) in [4.78, 5) is 30.7. The minimum Gasteiger partial charge on any atom is -0.497 e. The predicted molar refractivity (Wildman–Crippen MR) is 152 cm³/mol. The van der Waals surface area contributed by atoms with Gasteiger partial charge in [-0.15, -0.1) is 0 Å². The largest absolute Gasteiger partial charge is 0.497 e. The molecular formula is C32H42N2O4. The number of carbonyl (C=O) groups is 2. The lowest BCUT2D eigenvalue weighted by atomic mass is 9.75. The lowest BCUT2D eigenvalue weighted by Crippen LogP contribution is -2.36. The van der Waals surface area contributed by atoms with Crippen LogP contribution >= 0.6 is 0 Å². The van der Waals surface area contributed by atoms with Crippen molar-refractivity contribution in [1.82, 2.24) is 0 Å². The lowest BCUT2D eigenvalue weighted by Gasteiger charge is -2.37. The molecule has 1 aliphatic carbocycles. The van der Waals surface area contributed by atoms with Crippen molar-refractivity contribution in [2.75, 3.05) is 19.0 Å². The summed E-state index contributed by atoms with van der Waals surface area (Å²) in [6, 6.07) is 13.1. The molecule has 2 aliphatic rings. The van der Waals surface area contributed by atoms with Crippen LogP contribution in [0.3, 0.4) is 0 Å². The van der Waals surface area contributed by atoms with E-state index < -0.39 is 0 Å². The molecule has 1 fully saturated rings. The molecule has 0 saturated heterocycles. The van der Waals surface area contributed by atoms with E-state index in [0.29, 0.717) is 29.0 Å². The topological polar surface area (TPSA) is 77.0 Å². The molecule has 204 valence electrons. The van der Waals surface area contributed by atoms with Crippen LogP contribution in [0.25, 0.3) is 0 Å². The van der Waals surface area contributed by atoms with Gasteiger partial charge in [-0.3, -0.25) is 14.6 Å². The highest BCUT2D eigenvalue weighted by Crippen LogP contribution is 2.35. The lowest BCUT2D eigenvalue weighted by molar-refractivity contribution is -0.126. The van der Waals surface area contributed by atoms with Gasteiger partial charge in [0.15, 0.2) is 5.78 Å². The number of ether oxygens (including phenoxy) is 2. The summed E-state index contributed by atoms with van der Waals surface area (Å²) in [5.74, 6) is 2.24. The first-order chi connectivity index (χ1) is 18.0. The van der Waals surface area contributed by atoms with Crippen molar-refractivity contribution in [2.24, 2.45) is 22.7 Å². The number of benzene rings is 2. The van der Waals surface area contributed by atoms with Gasteiger partial charge in [0.2, 0.25) is 5.91 Å². The number of fused-ring (bicyclic) bond motifs is 1. The number of anilines is 1. The smallest absolute Gasteiger partial charge is 0.250 e. The SMILES string of the molecule is COc1ccc2c(c1)C(CC(=O)c1ccc(NC(=O)CO[C@@H]3C[C@H](C)CC[C@H]3C(C)C)cc1)=NC(C)(C)C2. The molecule has 4 rings (SSSR count). The van der Waals surface area contributed by atoms with Crippen molar-refractivity contribution in [3.8, 4) is 5.75 Å². The fourth-order valence-electron chi connectivity index (χ4n) is 5.85. The van der Waals surface area contributed by atoms with Crippen molar-refractivity contribution >= 4 is 23.1 Å². The maximum absolute atomic E-state index is 13.2. The summed E-state index contributed by atoms with van der Waals surface area (Å²) < 4.78 is 11.5. The Labute approximate surface area is 227 Å². The third kappa shape index (κ3) is 6.90. The van der Waals surface area contributed by atoms with Crippen LogP contribution in [0.15, 0.2) is 47.5 Å². The van der Waals surface area contributed by atoms with Crippen LogP contribution in [0.4, 0.5) is 5.69 Å². The number of nitrogens with zero attached hydrogens (tertiary/aromatic N) is 1. The summed E-state index contributed by atoms with van der Waals surface area (Å²) in [7, 11) is 1.64. The molecule has 1 amide bonds. The summed E-state index contributed by atoms with van der Waals surface area (Å²) in [6.07, 6.45) is 4.55. The highest BCUT2D eigenvalue weighted by atomic mass is 16.5. The molecule has 0 radical (unpaired) electrons. The zero-order chi connectivity index (χ0) is 27.4. The average Bonchev–Trinajstić information content (AvgIpc) is 2.87. The Hall–Kier alpha value is -2.99. The van der Waals surface area contributed by atoms with Gasteiger partial charge in [0.05, 0.1) is 30.9 Å². The maximum atomic E-state index is 13.2. The van der Waals surface area contributed by atoms with E-state index in [1.165, 1.54) is 12.0 Å². The molecule has 2 aromatic rings. The minimum atomic E-state index is -0.266. The molecule has 0 spiro atoms. The molecule has 1 aliphatic heterocycles. The fraction of sp³-hybridized carbons (Fsp3) is 0.531. The summed E-state index contributed by atoms with van der Waals surface area (Å²) in [6.45, 7) is 10.9. The van der Waals surface area contributed by atoms with E-state index in [9.17, 15) is 9.59 Å². The van der Waals surface area contributed by atoms with Crippen molar-refractivity contribution in [3.63, 3.8) is 0 Å². The van der Waals surface area contributed by atoms with Crippen LogP contribution in [-0.2, 0) is 16.0 Å². The van der Waals surface area contributed by atoms with Crippen molar-refractivity contribution in [1.29, 1.82) is 0 Å². The van der Waals surface area contributed by atoms with Crippen molar-refractivity contribution in [3.05, 3.63) is 59.2 Å². The van der Waals surface area contributed by atoms with Crippen LogP contribution in [-0.4, -0.2) is 42.8 Å². The first-order valence-corrected chi connectivity index (χ1v) is 13.9. The number of nitrogens with one attached hydrogen (secondary N) is 1. The molecule has 1 N–H and O–H groups in total. The van der Waals surface area contributed by atoms with Crippen LogP contribution in [0.5, 0.6) is 5.75 Å². The van der Waals surface area contributed by atoms with Gasteiger partial charge in [0.25, 0.3) is 0 Å². The molecule has 6 nitrogen and oxygen atoms in total. The second-order valence-electron chi connectivity index (χ2n) is 12.0. The second kappa shape index (κ2) is 11.8. The molecule has 1 heterocycles. The zero-order valence-corrected chi connectivity index (χ0v) is 23.7. The molecule has 0 aromatic heterocycles. The van der Waals surface area contributed by atoms with E-state index in [2.05, 4.69) is 46.0 Å². The number of ketones is 1. The Morgan fingerprint density at radius 2 is 1.84 bits per heavy atom. The van der Waals surface area contributed by atoms with Gasteiger partial charge in [-0.05, 0) is 92.8 Å². The maximum Gasteiger partial charge on any atom is 0.250 e. The quantitative estimate of drug-likeness (QED) is 0.384. The normalized spacial score (nSPS) is 22.4. The van der Waals surface area contributed by atoms with E-state index in [4.69, 9.17) is 14.5 Å². The Morgan fingerprint density at radius 1 is 1.11 bits per heavy atom.